The molecule has 31 heavy (non-hydrogen) atoms. The van der Waals surface area contributed by atoms with Crippen molar-refractivity contribution < 1.29 is 9.53 Å². The first kappa shape index (κ1) is 20.1. The number of benzene rings is 1. The van der Waals surface area contributed by atoms with Crippen LogP contribution >= 0.6 is 11.6 Å². The van der Waals surface area contributed by atoms with Crippen molar-refractivity contribution in [3.8, 4) is 22.7 Å². The second-order valence-electron chi connectivity index (χ2n) is 8.45. The summed E-state index contributed by atoms with van der Waals surface area (Å²) in [7, 11) is 0. The summed E-state index contributed by atoms with van der Waals surface area (Å²) in [4.78, 5) is 19.2. The van der Waals surface area contributed by atoms with Crippen molar-refractivity contribution in [2.45, 2.75) is 58.0 Å². The summed E-state index contributed by atoms with van der Waals surface area (Å²) in [6, 6.07) is 9.98. The Balaban J connectivity index is 1.60. The average Bonchev–Trinajstić information content (AvgIpc) is 3.12. The highest BCUT2D eigenvalue weighted by molar-refractivity contribution is 6.30. The smallest absolute Gasteiger partial charge is 0.389 e. The first-order valence-corrected chi connectivity index (χ1v) is 11.2. The number of hydrogen-bond acceptors (Lipinski definition) is 4. The molecule has 3 heterocycles. The highest BCUT2D eigenvalue weighted by Crippen LogP contribution is 2.42. The van der Waals surface area contributed by atoms with Gasteiger partial charge in [0.1, 0.15) is 0 Å². The number of ether oxygens (including phenoxy) is 1. The Morgan fingerprint density at radius 1 is 1.10 bits per heavy atom. The zero-order valence-corrected chi connectivity index (χ0v) is 18.5. The van der Waals surface area contributed by atoms with Crippen LogP contribution in [0.5, 0.6) is 5.88 Å². The van der Waals surface area contributed by atoms with Gasteiger partial charge < -0.3 is 9.64 Å². The van der Waals surface area contributed by atoms with Crippen LogP contribution in [-0.4, -0.2) is 37.8 Å². The van der Waals surface area contributed by atoms with E-state index in [2.05, 4.69) is 18.8 Å². The summed E-state index contributed by atoms with van der Waals surface area (Å²) in [5.41, 5.74) is 4.97. The summed E-state index contributed by atoms with van der Waals surface area (Å²) in [6.45, 7) is 4.17. The van der Waals surface area contributed by atoms with Crippen LogP contribution in [0.2, 0.25) is 5.02 Å². The van der Waals surface area contributed by atoms with Gasteiger partial charge in [0.15, 0.2) is 0 Å². The molecule has 2 atom stereocenters. The van der Waals surface area contributed by atoms with Crippen molar-refractivity contribution in [1.29, 1.82) is 0 Å². The number of pyridine rings is 1. The van der Waals surface area contributed by atoms with E-state index in [0.29, 0.717) is 10.9 Å². The molecule has 0 saturated carbocycles. The number of rotatable bonds is 2. The molecule has 1 amide bonds. The van der Waals surface area contributed by atoms with Gasteiger partial charge in [0.2, 0.25) is 0 Å². The van der Waals surface area contributed by atoms with E-state index in [1.807, 2.05) is 39.9 Å². The molecule has 1 fully saturated rings. The van der Waals surface area contributed by atoms with Gasteiger partial charge in [0, 0.05) is 29.5 Å². The number of carbonyl (C=O) groups excluding carboxylic acids is 1. The molecule has 5 rings (SSSR count). The molecule has 0 radical (unpaired) electrons. The number of nitrogens with zero attached hydrogens (tertiary/aromatic N) is 4. The fraction of sp³-hybridized carbons (Fsp3) is 0.375. The lowest BCUT2D eigenvalue weighted by Gasteiger charge is -2.37. The standard InChI is InChI=1S/C24H25ClN4O2/c1-15-4-3-5-16(2)28(15)24(30)31-23-22-20-8-7-18(25)14-17(20)6-9-21(22)29(27-23)19-10-12-26-13-11-19/h7-8,10-16H,3-6,9H2,1-2H3. The number of aromatic nitrogens is 3. The number of likely N-dealkylation sites (tertiary alicyclic amines) is 1. The molecular formula is C24H25ClN4O2. The molecule has 7 heteroatoms. The van der Waals surface area contributed by atoms with Crippen molar-refractivity contribution in [2.75, 3.05) is 0 Å². The van der Waals surface area contributed by atoms with E-state index in [1.165, 1.54) is 0 Å². The lowest BCUT2D eigenvalue weighted by Crippen LogP contribution is -2.48. The SMILES string of the molecule is CC1CCCC(C)N1C(=O)Oc1nn(-c2ccncc2)c2c1-c1ccc(Cl)cc1CC2. The second-order valence-corrected chi connectivity index (χ2v) is 8.89. The Morgan fingerprint density at radius 2 is 1.84 bits per heavy atom. The maximum atomic E-state index is 13.2. The topological polar surface area (TPSA) is 60.3 Å². The zero-order valence-electron chi connectivity index (χ0n) is 17.7. The molecule has 0 spiro atoms. The third kappa shape index (κ3) is 3.59. The summed E-state index contributed by atoms with van der Waals surface area (Å²) in [6.07, 6.45) is 7.90. The third-order valence-corrected chi connectivity index (χ3v) is 6.65. The number of amides is 1. The molecule has 2 aromatic heterocycles. The molecule has 160 valence electrons. The van der Waals surface area contributed by atoms with Crippen molar-refractivity contribution in [1.82, 2.24) is 19.7 Å². The number of hydrogen-bond donors (Lipinski definition) is 0. The van der Waals surface area contributed by atoms with E-state index in [0.717, 1.165) is 60.2 Å². The molecule has 2 unspecified atom stereocenters. The fourth-order valence-corrected chi connectivity index (χ4v) is 5.08. The largest absolute Gasteiger partial charge is 0.417 e. The Morgan fingerprint density at radius 3 is 2.58 bits per heavy atom. The van der Waals surface area contributed by atoms with Crippen LogP contribution in [0, 0.1) is 0 Å². The summed E-state index contributed by atoms with van der Waals surface area (Å²) < 4.78 is 7.86. The highest BCUT2D eigenvalue weighted by Gasteiger charge is 2.33. The van der Waals surface area contributed by atoms with E-state index >= 15 is 0 Å². The molecule has 1 saturated heterocycles. The maximum Gasteiger partial charge on any atom is 0.417 e. The van der Waals surface area contributed by atoms with Crippen LogP contribution < -0.4 is 4.74 Å². The second kappa shape index (κ2) is 8.00. The molecule has 0 bridgehead atoms. The Hall–Kier alpha value is -2.86. The number of aryl methyl sites for hydroxylation is 1. The Labute approximate surface area is 186 Å². The summed E-state index contributed by atoms with van der Waals surface area (Å²) in [5, 5.41) is 5.46. The lowest BCUT2D eigenvalue weighted by atomic mass is 9.89. The monoisotopic (exact) mass is 436 g/mol. The maximum absolute atomic E-state index is 13.2. The quantitative estimate of drug-likeness (QED) is 0.536. The van der Waals surface area contributed by atoms with Gasteiger partial charge in [-0.05, 0) is 81.3 Å². The highest BCUT2D eigenvalue weighted by atomic mass is 35.5. The lowest BCUT2D eigenvalue weighted by molar-refractivity contribution is 0.0883. The summed E-state index contributed by atoms with van der Waals surface area (Å²) in [5.74, 6) is 0.352. The van der Waals surface area contributed by atoms with E-state index < -0.39 is 0 Å². The predicted molar refractivity (Wildman–Crippen MR) is 120 cm³/mol. The fourth-order valence-electron chi connectivity index (χ4n) is 4.88. The van der Waals surface area contributed by atoms with Gasteiger partial charge in [-0.1, -0.05) is 17.7 Å². The first-order valence-electron chi connectivity index (χ1n) is 10.8. The summed E-state index contributed by atoms with van der Waals surface area (Å²) >= 11 is 6.24. The molecule has 1 aliphatic heterocycles. The van der Waals surface area contributed by atoms with Crippen molar-refractivity contribution in [3.63, 3.8) is 0 Å². The number of halogens is 1. The van der Waals surface area contributed by atoms with Crippen LogP contribution in [0.15, 0.2) is 42.7 Å². The minimum atomic E-state index is -0.331. The van der Waals surface area contributed by atoms with Gasteiger partial charge in [0.05, 0.1) is 16.9 Å². The minimum absolute atomic E-state index is 0.153. The molecule has 2 aliphatic rings. The zero-order chi connectivity index (χ0) is 21.5. The normalized spacial score (nSPS) is 20.2. The van der Waals surface area contributed by atoms with Crippen molar-refractivity contribution >= 4 is 17.7 Å². The number of fused-ring (bicyclic) bond motifs is 3. The Bertz CT molecular complexity index is 1120. The van der Waals surface area contributed by atoms with Gasteiger partial charge in [-0.3, -0.25) is 4.98 Å². The van der Waals surface area contributed by atoms with E-state index in [1.54, 1.807) is 12.4 Å². The number of piperidine rings is 1. The van der Waals surface area contributed by atoms with Crippen LogP contribution in [-0.2, 0) is 12.8 Å². The van der Waals surface area contributed by atoms with Crippen LogP contribution in [0.25, 0.3) is 16.8 Å². The molecule has 6 nitrogen and oxygen atoms in total. The van der Waals surface area contributed by atoms with Crippen LogP contribution in [0.4, 0.5) is 4.79 Å². The van der Waals surface area contributed by atoms with Gasteiger partial charge in [0.25, 0.3) is 5.88 Å². The average molecular weight is 437 g/mol. The molecule has 1 aromatic carbocycles. The molecule has 1 aliphatic carbocycles. The molecule has 0 N–H and O–H groups in total. The number of carbonyl (C=O) groups is 1. The Kier molecular flexibility index (Phi) is 5.18. The molecular weight excluding hydrogens is 412 g/mol. The predicted octanol–water partition coefficient (Wildman–Crippen LogP) is 5.45. The molecule has 3 aromatic rings. The van der Waals surface area contributed by atoms with Gasteiger partial charge in [-0.2, -0.15) is 0 Å². The minimum Gasteiger partial charge on any atom is -0.389 e. The van der Waals surface area contributed by atoms with Crippen LogP contribution in [0.1, 0.15) is 44.4 Å². The van der Waals surface area contributed by atoms with Gasteiger partial charge in [-0.15, -0.1) is 5.10 Å². The van der Waals surface area contributed by atoms with Crippen molar-refractivity contribution in [3.05, 3.63) is 59.0 Å². The van der Waals surface area contributed by atoms with E-state index in [4.69, 9.17) is 21.4 Å². The van der Waals surface area contributed by atoms with E-state index in [-0.39, 0.29) is 18.2 Å². The van der Waals surface area contributed by atoms with Gasteiger partial charge >= 0.3 is 6.09 Å². The van der Waals surface area contributed by atoms with Crippen LogP contribution in [0.3, 0.4) is 0 Å². The van der Waals surface area contributed by atoms with Crippen molar-refractivity contribution in [2.24, 2.45) is 0 Å². The van der Waals surface area contributed by atoms with Gasteiger partial charge in [-0.25, -0.2) is 9.48 Å². The third-order valence-electron chi connectivity index (χ3n) is 6.41. The van der Waals surface area contributed by atoms with E-state index in [9.17, 15) is 4.79 Å². The first-order chi connectivity index (χ1) is 15.0.